The molecule has 0 bridgehead atoms. The van der Waals surface area contributed by atoms with E-state index >= 15 is 0 Å². The van der Waals surface area contributed by atoms with Crippen molar-refractivity contribution in [2.75, 3.05) is 6.61 Å². The maximum absolute atomic E-state index is 7.25. The summed E-state index contributed by atoms with van der Waals surface area (Å²) in [5, 5.41) is 2.49. The van der Waals surface area contributed by atoms with Crippen molar-refractivity contribution in [1.82, 2.24) is 0 Å². The number of benzene rings is 2. The first-order chi connectivity index (χ1) is 18.4. The monoisotopic (exact) mass is 564 g/mol. The molecule has 0 radical (unpaired) electrons. The normalized spacial score (nSPS) is 22.5. The lowest BCUT2D eigenvalue weighted by Crippen LogP contribution is -2.66. The van der Waals surface area contributed by atoms with Gasteiger partial charge in [-0.3, -0.25) is 0 Å². The molecule has 1 unspecified atom stereocenters. The fraction of sp³-hybridized carbons (Fsp3) is 0.625. The molecule has 0 saturated carbocycles. The molecule has 2 fully saturated rings. The van der Waals surface area contributed by atoms with Crippen LogP contribution in [0.3, 0.4) is 0 Å². The van der Waals surface area contributed by atoms with Gasteiger partial charge in [0.1, 0.15) is 0 Å². The van der Waals surface area contributed by atoms with Crippen molar-refractivity contribution in [3.8, 4) is 0 Å². The van der Waals surface area contributed by atoms with Gasteiger partial charge in [0.25, 0.3) is 8.32 Å². The third kappa shape index (κ3) is 5.90. The summed E-state index contributed by atoms with van der Waals surface area (Å²) in [5.41, 5.74) is -1.59. The largest absolute Gasteiger partial charge is 0.460 e. The van der Waals surface area contributed by atoms with Crippen LogP contribution in [-0.2, 0) is 23.0 Å². The highest BCUT2D eigenvalue weighted by atomic mass is 28.4. The van der Waals surface area contributed by atoms with Gasteiger partial charge in [0.2, 0.25) is 0 Å². The minimum absolute atomic E-state index is 0.0361. The Morgan fingerprint density at radius 3 is 1.48 bits per heavy atom. The van der Waals surface area contributed by atoms with Gasteiger partial charge in [0, 0.05) is 6.61 Å². The molecule has 2 aromatic carbocycles. The summed E-state index contributed by atoms with van der Waals surface area (Å²) >= 11 is 0. The molecule has 2 aliphatic heterocycles. The van der Waals surface area contributed by atoms with Crippen LogP contribution in [-0.4, -0.2) is 51.6 Å². The molecule has 8 heteroatoms. The van der Waals surface area contributed by atoms with Crippen molar-refractivity contribution in [2.45, 2.75) is 122 Å². The zero-order valence-corrected chi connectivity index (χ0v) is 27.7. The zero-order valence-electron chi connectivity index (χ0n) is 26.7. The summed E-state index contributed by atoms with van der Waals surface area (Å²) in [6.07, 6.45) is 1.44. The molecule has 5 nitrogen and oxygen atoms in total. The molecule has 1 atom stereocenters. The number of hydrogen-bond donors (Lipinski definition) is 0. The van der Waals surface area contributed by atoms with Gasteiger partial charge in [-0.05, 0) is 89.4 Å². The quantitative estimate of drug-likeness (QED) is 0.325. The van der Waals surface area contributed by atoms with Crippen molar-refractivity contribution < 1.29 is 23.0 Å². The number of rotatable bonds is 9. The second-order valence-electron chi connectivity index (χ2n) is 14.6. The van der Waals surface area contributed by atoms with E-state index in [1.807, 2.05) is 0 Å². The van der Waals surface area contributed by atoms with Crippen LogP contribution < -0.4 is 10.4 Å². The highest BCUT2D eigenvalue weighted by Gasteiger charge is 2.57. The highest BCUT2D eigenvalue weighted by molar-refractivity contribution is 6.99. The molecule has 218 valence electrons. The van der Waals surface area contributed by atoms with Crippen LogP contribution in [0.25, 0.3) is 0 Å². The third-order valence-electron chi connectivity index (χ3n) is 9.68. The van der Waals surface area contributed by atoms with Gasteiger partial charge in [-0.15, -0.1) is 0 Å². The second-order valence-corrected chi connectivity index (χ2v) is 18.9. The van der Waals surface area contributed by atoms with Gasteiger partial charge >= 0.3 is 14.2 Å². The summed E-state index contributed by atoms with van der Waals surface area (Å²) in [5.74, 6) is 0.0361. The number of hydrogen-bond acceptors (Lipinski definition) is 5. The van der Waals surface area contributed by atoms with Crippen LogP contribution in [0.15, 0.2) is 60.7 Å². The average molecular weight is 564 g/mol. The Balaban J connectivity index is 1.63. The predicted molar refractivity (Wildman–Crippen MR) is 169 cm³/mol. The molecule has 2 aromatic rings. The SMILES string of the molecule is CC1(C)OB(CC(CCO[Si](c2ccccc2)(c2ccccc2)C(C)(C)C)B2OC(C)(C)C(C)(C)O2)OC1(C)C. The van der Waals surface area contributed by atoms with Gasteiger partial charge < -0.3 is 23.0 Å². The summed E-state index contributed by atoms with van der Waals surface area (Å²) in [7, 11) is -3.35. The van der Waals surface area contributed by atoms with Gasteiger partial charge in [0.05, 0.1) is 22.4 Å². The van der Waals surface area contributed by atoms with E-state index in [4.69, 9.17) is 23.0 Å². The van der Waals surface area contributed by atoms with E-state index in [-0.39, 0.29) is 36.3 Å². The van der Waals surface area contributed by atoms with Crippen molar-refractivity contribution in [2.24, 2.45) is 0 Å². The minimum Gasteiger partial charge on any atom is -0.407 e. The maximum atomic E-state index is 7.25. The van der Waals surface area contributed by atoms with Crippen molar-refractivity contribution >= 4 is 32.9 Å². The topological polar surface area (TPSA) is 46.2 Å². The van der Waals surface area contributed by atoms with Gasteiger partial charge in [-0.25, -0.2) is 0 Å². The molecule has 0 aliphatic carbocycles. The Hall–Kier alpha value is -1.41. The standard InChI is InChI=1S/C32H50B2O5Si/c1-28(2,3)40(26-18-14-12-15-19-26,27-20-16-13-17-21-27)35-23-22-25(34-38-31(8,9)32(10,11)39-34)24-33-36-29(4,5)30(6,7)37-33/h12-21,25H,22-24H2,1-11H3. The van der Waals surface area contributed by atoms with Crippen LogP contribution in [0.5, 0.6) is 0 Å². The smallest absolute Gasteiger partial charge is 0.407 e. The van der Waals surface area contributed by atoms with Gasteiger partial charge in [-0.1, -0.05) is 81.4 Å². The Kier molecular flexibility index (Phi) is 8.68. The lowest BCUT2D eigenvalue weighted by molar-refractivity contribution is 0.00578. The molecule has 2 aliphatic rings. The van der Waals surface area contributed by atoms with Crippen LogP contribution in [0.4, 0.5) is 0 Å². The Morgan fingerprint density at radius 1 is 0.675 bits per heavy atom. The second kappa shape index (κ2) is 11.0. The zero-order chi connectivity index (χ0) is 29.6. The first-order valence-electron chi connectivity index (χ1n) is 14.9. The highest BCUT2D eigenvalue weighted by Crippen LogP contribution is 2.45. The first kappa shape index (κ1) is 31.5. The van der Waals surface area contributed by atoms with E-state index < -0.39 is 19.5 Å². The lowest BCUT2D eigenvalue weighted by Gasteiger charge is -2.43. The molecule has 2 heterocycles. The van der Waals surface area contributed by atoms with Crippen molar-refractivity contribution in [3.63, 3.8) is 0 Å². The molecule has 0 N–H and O–H groups in total. The predicted octanol–water partition coefficient (Wildman–Crippen LogP) is 6.51. The van der Waals surface area contributed by atoms with Gasteiger partial charge in [0.15, 0.2) is 0 Å². The lowest BCUT2D eigenvalue weighted by atomic mass is 9.60. The van der Waals surface area contributed by atoms with Crippen LogP contribution in [0.1, 0.15) is 82.6 Å². The molecule has 0 aromatic heterocycles. The van der Waals surface area contributed by atoms with E-state index in [9.17, 15) is 0 Å². The van der Waals surface area contributed by atoms with E-state index in [0.29, 0.717) is 12.9 Å². The summed E-state index contributed by atoms with van der Waals surface area (Å²) in [6, 6.07) is 21.6. The Morgan fingerprint density at radius 2 is 1.07 bits per heavy atom. The Labute approximate surface area is 245 Å². The van der Waals surface area contributed by atoms with E-state index in [1.54, 1.807) is 0 Å². The minimum atomic E-state index is -2.65. The van der Waals surface area contributed by atoms with Crippen LogP contribution in [0, 0.1) is 0 Å². The molecular weight excluding hydrogens is 514 g/mol. The molecule has 0 spiro atoms. The molecule has 0 amide bonds. The fourth-order valence-corrected chi connectivity index (χ4v) is 10.5. The van der Waals surface area contributed by atoms with E-state index in [1.165, 1.54) is 10.4 Å². The average Bonchev–Trinajstić information content (AvgIpc) is 3.20. The van der Waals surface area contributed by atoms with E-state index in [2.05, 4.69) is 137 Å². The van der Waals surface area contributed by atoms with Crippen LogP contribution >= 0.6 is 0 Å². The van der Waals surface area contributed by atoms with Crippen LogP contribution in [0.2, 0.25) is 17.2 Å². The molecule has 40 heavy (non-hydrogen) atoms. The first-order valence-corrected chi connectivity index (χ1v) is 16.8. The summed E-state index contributed by atoms with van der Waals surface area (Å²) in [4.78, 5) is 0. The molecule has 4 rings (SSSR count). The van der Waals surface area contributed by atoms with E-state index in [0.717, 1.165) is 6.42 Å². The fourth-order valence-electron chi connectivity index (χ4n) is 5.88. The molecule has 2 saturated heterocycles. The van der Waals surface area contributed by atoms with Gasteiger partial charge in [-0.2, -0.15) is 0 Å². The van der Waals surface area contributed by atoms with Crippen molar-refractivity contribution in [1.29, 1.82) is 0 Å². The van der Waals surface area contributed by atoms with Crippen molar-refractivity contribution in [3.05, 3.63) is 60.7 Å². The summed E-state index contributed by atoms with van der Waals surface area (Å²) < 4.78 is 33.3. The third-order valence-corrected chi connectivity index (χ3v) is 14.7. The Bertz CT molecular complexity index is 1060. The maximum Gasteiger partial charge on any atom is 0.460 e. The summed E-state index contributed by atoms with van der Waals surface area (Å²) in [6.45, 7) is 24.4. The molecular formula is C32H50B2O5Si.